The molecule has 2 rings (SSSR count). The summed E-state index contributed by atoms with van der Waals surface area (Å²) in [6, 6.07) is 0.383. The van der Waals surface area contributed by atoms with Crippen LogP contribution < -0.4 is 5.32 Å². The topological polar surface area (TPSA) is 49.4 Å². The number of nitrogens with zero attached hydrogens (tertiary/aromatic N) is 1. The molecule has 4 nitrogen and oxygen atoms in total. The summed E-state index contributed by atoms with van der Waals surface area (Å²) in [5.74, 6) is 0.222. The van der Waals surface area contributed by atoms with Crippen LogP contribution in [0.3, 0.4) is 0 Å². The lowest BCUT2D eigenvalue weighted by Gasteiger charge is -2.33. The molecule has 18 heavy (non-hydrogen) atoms. The van der Waals surface area contributed by atoms with Gasteiger partial charge in [0.2, 0.25) is 11.8 Å². The second-order valence-corrected chi connectivity index (χ2v) is 5.26. The van der Waals surface area contributed by atoms with Crippen LogP contribution in [0.15, 0.2) is 12.7 Å². The molecule has 1 heterocycles. The predicted octanol–water partition coefficient (Wildman–Crippen LogP) is 1.47. The van der Waals surface area contributed by atoms with Gasteiger partial charge in [0.05, 0.1) is 5.92 Å². The predicted molar refractivity (Wildman–Crippen MR) is 69.9 cm³/mol. The highest BCUT2D eigenvalue weighted by Gasteiger charge is 2.32. The van der Waals surface area contributed by atoms with Crippen molar-refractivity contribution in [3.05, 3.63) is 12.7 Å². The van der Waals surface area contributed by atoms with Gasteiger partial charge in [-0.25, -0.2) is 0 Å². The minimum absolute atomic E-state index is 0.0387. The zero-order valence-corrected chi connectivity index (χ0v) is 10.9. The number of amides is 2. The van der Waals surface area contributed by atoms with E-state index in [1.54, 1.807) is 6.08 Å². The van der Waals surface area contributed by atoms with Crippen LogP contribution in [0, 0.1) is 5.92 Å². The first-order chi connectivity index (χ1) is 8.72. The third-order valence-electron chi connectivity index (χ3n) is 3.99. The van der Waals surface area contributed by atoms with E-state index in [4.69, 9.17) is 0 Å². The van der Waals surface area contributed by atoms with Crippen LogP contribution in [0.5, 0.6) is 0 Å². The Bertz CT molecular complexity index is 325. The SMILES string of the molecule is C=CCN(C(=O)C1CCC(=O)NC1)C1CCCC1. The average Bonchev–Trinajstić information content (AvgIpc) is 2.90. The fourth-order valence-corrected chi connectivity index (χ4v) is 2.95. The summed E-state index contributed by atoms with van der Waals surface area (Å²) in [6.07, 6.45) is 7.61. The van der Waals surface area contributed by atoms with E-state index in [2.05, 4.69) is 11.9 Å². The van der Waals surface area contributed by atoms with E-state index in [0.717, 1.165) is 12.8 Å². The van der Waals surface area contributed by atoms with E-state index >= 15 is 0 Å². The van der Waals surface area contributed by atoms with Crippen molar-refractivity contribution in [3.63, 3.8) is 0 Å². The van der Waals surface area contributed by atoms with Crippen molar-refractivity contribution in [1.29, 1.82) is 0 Å². The van der Waals surface area contributed by atoms with Gasteiger partial charge in [-0.1, -0.05) is 18.9 Å². The molecule has 0 aromatic heterocycles. The molecular formula is C14H22N2O2. The van der Waals surface area contributed by atoms with Crippen LogP contribution >= 0.6 is 0 Å². The Kier molecular flexibility index (Phi) is 4.39. The Hall–Kier alpha value is -1.32. The number of hydrogen-bond donors (Lipinski definition) is 1. The standard InChI is InChI=1S/C14H22N2O2/c1-2-9-16(12-5-3-4-6-12)14(18)11-7-8-13(17)15-10-11/h2,11-12H,1,3-10H2,(H,15,17). The second-order valence-electron chi connectivity index (χ2n) is 5.26. The third kappa shape index (κ3) is 2.92. The molecule has 2 fully saturated rings. The summed E-state index contributed by atoms with van der Waals surface area (Å²) in [6.45, 7) is 4.88. The molecule has 1 unspecified atom stereocenters. The number of nitrogens with one attached hydrogen (secondary N) is 1. The average molecular weight is 250 g/mol. The Morgan fingerprint density at radius 3 is 2.67 bits per heavy atom. The molecule has 2 aliphatic rings. The van der Waals surface area contributed by atoms with Gasteiger partial charge in [-0.2, -0.15) is 0 Å². The number of carbonyl (C=O) groups is 2. The van der Waals surface area contributed by atoms with Gasteiger partial charge in [0.1, 0.15) is 0 Å². The van der Waals surface area contributed by atoms with Crippen LogP contribution in [0.25, 0.3) is 0 Å². The lowest BCUT2D eigenvalue weighted by Crippen LogP contribution is -2.48. The number of carbonyl (C=O) groups excluding carboxylic acids is 2. The highest BCUT2D eigenvalue weighted by atomic mass is 16.2. The Labute approximate surface area is 108 Å². The Morgan fingerprint density at radius 2 is 2.11 bits per heavy atom. The second kappa shape index (κ2) is 6.03. The van der Waals surface area contributed by atoms with Gasteiger partial charge < -0.3 is 10.2 Å². The lowest BCUT2D eigenvalue weighted by molar-refractivity contribution is -0.139. The maximum Gasteiger partial charge on any atom is 0.228 e. The van der Waals surface area contributed by atoms with Crippen molar-refractivity contribution < 1.29 is 9.59 Å². The summed E-state index contributed by atoms with van der Waals surface area (Å²) < 4.78 is 0. The molecule has 1 aliphatic heterocycles. The molecule has 1 N–H and O–H groups in total. The molecule has 2 amide bonds. The highest BCUT2D eigenvalue weighted by Crippen LogP contribution is 2.26. The summed E-state index contributed by atoms with van der Waals surface area (Å²) in [7, 11) is 0. The van der Waals surface area contributed by atoms with Gasteiger partial charge in [-0.15, -0.1) is 6.58 Å². The van der Waals surface area contributed by atoms with Crippen LogP contribution in [0.2, 0.25) is 0 Å². The molecule has 1 saturated heterocycles. The molecule has 1 saturated carbocycles. The molecule has 1 aliphatic carbocycles. The summed E-state index contributed by atoms with van der Waals surface area (Å²) >= 11 is 0. The van der Waals surface area contributed by atoms with Crippen molar-refractivity contribution >= 4 is 11.8 Å². The summed E-state index contributed by atoms with van der Waals surface area (Å²) in [5, 5.41) is 2.79. The van der Waals surface area contributed by atoms with Crippen molar-refractivity contribution in [2.75, 3.05) is 13.1 Å². The highest BCUT2D eigenvalue weighted by molar-refractivity contribution is 5.84. The van der Waals surface area contributed by atoms with Gasteiger partial charge in [0.25, 0.3) is 0 Å². The molecular weight excluding hydrogens is 228 g/mol. The smallest absolute Gasteiger partial charge is 0.228 e. The van der Waals surface area contributed by atoms with E-state index in [0.29, 0.717) is 32.0 Å². The summed E-state index contributed by atoms with van der Waals surface area (Å²) in [4.78, 5) is 25.6. The molecule has 0 radical (unpaired) electrons. The minimum atomic E-state index is -0.0387. The van der Waals surface area contributed by atoms with Crippen LogP contribution in [0.1, 0.15) is 38.5 Å². The van der Waals surface area contributed by atoms with Crippen molar-refractivity contribution in [3.8, 4) is 0 Å². The third-order valence-corrected chi connectivity index (χ3v) is 3.99. The molecule has 4 heteroatoms. The fourth-order valence-electron chi connectivity index (χ4n) is 2.95. The minimum Gasteiger partial charge on any atom is -0.355 e. The Balaban J connectivity index is 1.98. The molecule has 0 bridgehead atoms. The van der Waals surface area contributed by atoms with Gasteiger partial charge in [-0.3, -0.25) is 9.59 Å². The normalized spacial score (nSPS) is 24.7. The summed E-state index contributed by atoms with van der Waals surface area (Å²) in [5.41, 5.74) is 0. The van der Waals surface area contributed by atoms with E-state index in [9.17, 15) is 9.59 Å². The first-order valence-corrected chi connectivity index (χ1v) is 6.90. The zero-order valence-electron chi connectivity index (χ0n) is 10.9. The number of rotatable bonds is 4. The first-order valence-electron chi connectivity index (χ1n) is 6.90. The van der Waals surface area contributed by atoms with Crippen molar-refractivity contribution in [2.24, 2.45) is 5.92 Å². The zero-order chi connectivity index (χ0) is 13.0. The van der Waals surface area contributed by atoms with Crippen molar-refractivity contribution in [1.82, 2.24) is 10.2 Å². The monoisotopic (exact) mass is 250 g/mol. The molecule has 0 aromatic carbocycles. The maximum absolute atomic E-state index is 12.5. The van der Waals surface area contributed by atoms with E-state index in [1.165, 1.54) is 12.8 Å². The van der Waals surface area contributed by atoms with E-state index in [1.807, 2.05) is 4.90 Å². The van der Waals surface area contributed by atoms with Crippen molar-refractivity contribution in [2.45, 2.75) is 44.6 Å². The molecule has 100 valence electrons. The maximum atomic E-state index is 12.5. The Morgan fingerprint density at radius 1 is 1.39 bits per heavy atom. The van der Waals surface area contributed by atoms with E-state index in [-0.39, 0.29) is 17.7 Å². The largest absolute Gasteiger partial charge is 0.355 e. The van der Waals surface area contributed by atoms with Crippen LogP contribution in [0.4, 0.5) is 0 Å². The fraction of sp³-hybridized carbons (Fsp3) is 0.714. The number of piperidine rings is 1. The van der Waals surface area contributed by atoms with Gasteiger partial charge in [0, 0.05) is 25.6 Å². The van der Waals surface area contributed by atoms with E-state index < -0.39 is 0 Å². The molecule has 1 atom stereocenters. The number of hydrogen-bond acceptors (Lipinski definition) is 2. The molecule has 0 aromatic rings. The first kappa shape index (κ1) is 13.1. The van der Waals surface area contributed by atoms with Gasteiger partial charge >= 0.3 is 0 Å². The molecule has 0 spiro atoms. The van der Waals surface area contributed by atoms with Gasteiger partial charge in [-0.05, 0) is 19.3 Å². The lowest BCUT2D eigenvalue weighted by atomic mass is 9.96. The quantitative estimate of drug-likeness (QED) is 0.768. The van der Waals surface area contributed by atoms with Crippen LogP contribution in [-0.4, -0.2) is 35.8 Å². The van der Waals surface area contributed by atoms with Gasteiger partial charge in [0.15, 0.2) is 0 Å². The van der Waals surface area contributed by atoms with Crippen LogP contribution in [-0.2, 0) is 9.59 Å².